The fourth-order valence-electron chi connectivity index (χ4n) is 2.68. The molecule has 0 radical (unpaired) electrons. The second kappa shape index (κ2) is 8.02. The molecule has 0 unspecified atom stereocenters. The normalized spacial score (nSPS) is 14.9. The number of halogens is 3. The molecule has 0 aliphatic heterocycles. The SMILES string of the molecule is CC(C)(C)c1ccc(OCC(=O)NNC2=C(C(=O)C(F)(F)F)CCC2)cc1. The average molecular weight is 384 g/mol. The number of hydrazine groups is 1. The van der Waals surface area contributed by atoms with E-state index in [0.29, 0.717) is 12.2 Å². The Morgan fingerprint density at radius 3 is 2.26 bits per heavy atom. The molecule has 1 aliphatic carbocycles. The minimum atomic E-state index is -4.92. The molecule has 1 aliphatic rings. The van der Waals surface area contributed by atoms with Crippen LogP contribution >= 0.6 is 0 Å². The smallest absolute Gasteiger partial charge is 0.454 e. The summed E-state index contributed by atoms with van der Waals surface area (Å²) < 4.78 is 43.1. The van der Waals surface area contributed by atoms with Gasteiger partial charge in [0.1, 0.15) is 5.75 Å². The molecular formula is C19H23F3N2O3. The van der Waals surface area contributed by atoms with E-state index < -0.39 is 17.9 Å². The molecule has 0 spiro atoms. The zero-order chi connectivity index (χ0) is 20.2. The van der Waals surface area contributed by atoms with Crippen LogP contribution in [0.15, 0.2) is 35.5 Å². The number of ether oxygens (including phenoxy) is 1. The number of Topliss-reactive ketones (excluding diaryl/α,β-unsaturated/α-hetero) is 1. The average Bonchev–Trinajstić information content (AvgIpc) is 3.04. The van der Waals surface area contributed by atoms with Gasteiger partial charge in [-0.25, -0.2) is 0 Å². The molecule has 1 amide bonds. The number of hydrogen-bond donors (Lipinski definition) is 2. The number of benzene rings is 1. The minimum Gasteiger partial charge on any atom is -0.484 e. The third-order valence-electron chi connectivity index (χ3n) is 4.19. The third kappa shape index (κ3) is 5.74. The Morgan fingerprint density at radius 1 is 1.07 bits per heavy atom. The number of hydrogen-bond acceptors (Lipinski definition) is 4. The number of rotatable bonds is 6. The highest BCUT2D eigenvalue weighted by Crippen LogP contribution is 2.31. The Kier molecular flexibility index (Phi) is 6.18. The lowest BCUT2D eigenvalue weighted by molar-refractivity contribution is -0.166. The van der Waals surface area contributed by atoms with Gasteiger partial charge in [-0.1, -0.05) is 32.9 Å². The molecule has 2 rings (SSSR count). The zero-order valence-electron chi connectivity index (χ0n) is 15.5. The summed E-state index contributed by atoms with van der Waals surface area (Å²) >= 11 is 0. The summed E-state index contributed by atoms with van der Waals surface area (Å²) in [7, 11) is 0. The second-order valence-electron chi connectivity index (χ2n) is 7.37. The van der Waals surface area contributed by atoms with Gasteiger partial charge in [0.2, 0.25) is 0 Å². The van der Waals surface area contributed by atoms with E-state index in [1.807, 2.05) is 12.1 Å². The van der Waals surface area contributed by atoms with Gasteiger partial charge in [0.05, 0.1) is 0 Å². The molecular weight excluding hydrogens is 361 g/mol. The molecule has 148 valence electrons. The van der Waals surface area contributed by atoms with Crippen molar-refractivity contribution in [1.82, 2.24) is 10.9 Å². The fraction of sp³-hybridized carbons (Fsp3) is 0.474. The summed E-state index contributed by atoms with van der Waals surface area (Å²) in [6.07, 6.45) is -4.19. The van der Waals surface area contributed by atoms with Gasteiger partial charge >= 0.3 is 6.18 Å². The van der Waals surface area contributed by atoms with Gasteiger partial charge in [-0.15, -0.1) is 0 Å². The first kappa shape index (κ1) is 20.8. The monoisotopic (exact) mass is 384 g/mol. The molecule has 0 fully saturated rings. The quantitative estimate of drug-likeness (QED) is 0.736. The highest BCUT2D eigenvalue weighted by molar-refractivity contribution is 6.00. The van der Waals surface area contributed by atoms with Crippen LogP contribution in [0.2, 0.25) is 0 Å². The van der Waals surface area contributed by atoms with Crippen LogP contribution in [0.25, 0.3) is 0 Å². The van der Waals surface area contributed by atoms with E-state index in [2.05, 4.69) is 31.6 Å². The van der Waals surface area contributed by atoms with Gasteiger partial charge in [0, 0.05) is 11.3 Å². The van der Waals surface area contributed by atoms with E-state index in [0.717, 1.165) is 5.56 Å². The van der Waals surface area contributed by atoms with E-state index in [4.69, 9.17) is 4.74 Å². The van der Waals surface area contributed by atoms with Crippen molar-refractivity contribution in [3.8, 4) is 5.75 Å². The van der Waals surface area contributed by atoms with E-state index in [-0.39, 0.29) is 36.1 Å². The molecule has 0 saturated carbocycles. The third-order valence-corrected chi connectivity index (χ3v) is 4.19. The van der Waals surface area contributed by atoms with Gasteiger partial charge in [-0.05, 0) is 42.4 Å². The summed E-state index contributed by atoms with van der Waals surface area (Å²) in [5.74, 6) is -1.92. The first-order chi connectivity index (χ1) is 12.5. The number of carbonyl (C=O) groups excluding carboxylic acids is 2. The first-order valence-corrected chi connectivity index (χ1v) is 8.60. The first-order valence-electron chi connectivity index (χ1n) is 8.60. The highest BCUT2D eigenvalue weighted by Gasteiger charge is 2.42. The van der Waals surface area contributed by atoms with Gasteiger partial charge < -0.3 is 10.2 Å². The topological polar surface area (TPSA) is 67.4 Å². The summed E-state index contributed by atoms with van der Waals surface area (Å²) in [5, 5.41) is 0. The molecule has 8 heteroatoms. The number of amides is 1. The molecule has 1 aromatic carbocycles. The number of allylic oxidation sites excluding steroid dienone is 2. The van der Waals surface area contributed by atoms with Gasteiger partial charge in [0.15, 0.2) is 6.61 Å². The number of alkyl halides is 3. The molecule has 0 saturated heterocycles. The Bertz CT molecular complexity index is 732. The van der Waals surface area contributed by atoms with E-state index in [1.54, 1.807) is 12.1 Å². The van der Waals surface area contributed by atoms with Crippen molar-refractivity contribution in [1.29, 1.82) is 0 Å². The highest BCUT2D eigenvalue weighted by atomic mass is 19.4. The van der Waals surface area contributed by atoms with Crippen LogP contribution in [0.5, 0.6) is 5.75 Å². The van der Waals surface area contributed by atoms with Crippen molar-refractivity contribution in [2.75, 3.05) is 6.61 Å². The molecule has 27 heavy (non-hydrogen) atoms. The summed E-state index contributed by atoms with van der Waals surface area (Å²) in [4.78, 5) is 23.2. The van der Waals surface area contributed by atoms with Crippen LogP contribution in [0.3, 0.4) is 0 Å². The minimum absolute atomic E-state index is 0.000384. The van der Waals surface area contributed by atoms with Crippen LogP contribution in [-0.2, 0) is 15.0 Å². The number of nitrogens with one attached hydrogen (secondary N) is 2. The Morgan fingerprint density at radius 2 is 1.70 bits per heavy atom. The van der Waals surface area contributed by atoms with Crippen LogP contribution in [0.4, 0.5) is 13.2 Å². The maximum atomic E-state index is 12.6. The molecule has 0 bridgehead atoms. The molecule has 0 atom stereocenters. The maximum Gasteiger partial charge on any atom is 0.454 e. The molecule has 2 N–H and O–H groups in total. The molecule has 0 aromatic heterocycles. The van der Waals surface area contributed by atoms with E-state index in [9.17, 15) is 22.8 Å². The van der Waals surface area contributed by atoms with E-state index >= 15 is 0 Å². The Balaban J connectivity index is 1.86. The largest absolute Gasteiger partial charge is 0.484 e. The van der Waals surface area contributed by atoms with Crippen LogP contribution in [-0.4, -0.2) is 24.5 Å². The van der Waals surface area contributed by atoms with Gasteiger partial charge in [-0.3, -0.25) is 15.0 Å². The van der Waals surface area contributed by atoms with Crippen molar-refractivity contribution < 1.29 is 27.5 Å². The van der Waals surface area contributed by atoms with Crippen molar-refractivity contribution in [2.45, 2.75) is 51.6 Å². The van der Waals surface area contributed by atoms with Gasteiger partial charge in [0.25, 0.3) is 11.7 Å². The van der Waals surface area contributed by atoms with Crippen molar-refractivity contribution in [2.24, 2.45) is 0 Å². The molecule has 5 nitrogen and oxygen atoms in total. The lowest BCUT2D eigenvalue weighted by Gasteiger charge is -2.19. The maximum absolute atomic E-state index is 12.6. The number of ketones is 1. The predicted octanol–water partition coefficient (Wildman–Crippen LogP) is 3.55. The zero-order valence-corrected chi connectivity index (χ0v) is 15.5. The Hall–Kier alpha value is -2.51. The van der Waals surface area contributed by atoms with Crippen molar-refractivity contribution >= 4 is 11.7 Å². The molecule has 1 aromatic rings. The summed E-state index contributed by atoms with van der Waals surface area (Å²) in [5.41, 5.74) is 5.59. The van der Waals surface area contributed by atoms with Crippen LogP contribution < -0.4 is 15.6 Å². The summed E-state index contributed by atoms with van der Waals surface area (Å²) in [6, 6.07) is 7.31. The Labute approximate surface area is 155 Å². The van der Waals surface area contributed by atoms with Crippen molar-refractivity contribution in [3.63, 3.8) is 0 Å². The molecule has 0 heterocycles. The lowest BCUT2D eigenvalue weighted by Crippen LogP contribution is -2.40. The number of carbonyl (C=O) groups is 2. The second-order valence-corrected chi connectivity index (χ2v) is 7.37. The van der Waals surface area contributed by atoms with Crippen LogP contribution in [0.1, 0.15) is 45.6 Å². The standard InChI is InChI=1S/C19H23F3N2O3/c1-18(2,3)12-7-9-13(10-8-12)27-11-16(25)24-23-15-6-4-5-14(15)17(26)19(20,21)22/h7-10,23H,4-6,11H2,1-3H3,(H,24,25). The van der Waals surface area contributed by atoms with Crippen LogP contribution in [0, 0.1) is 0 Å². The van der Waals surface area contributed by atoms with Gasteiger partial charge in [-0.2, -0.15) is 13.2 Å². The fourth-order valence-corrected chi connectivity index (χ4v) is 2.68. The van der Waals surface area contributed by atoms with Crippen molar-refractivity contribution in [3.05, 3.63) is 41.1 Å². The lowest BCUT2D eigenvalue weighted by atomic mass is 9.87. The summed E-state index contributed by atoms with van der Waals surface area (Å²) in [6.45, 7) is 5.93. The van der Waals surface area contributed by atoms with E-state index in [1.165, 1.54) is 0 Å². The predicted molar refractivity (Wildman–Crippen MR) is 93.9 cm³/mol.